The first-order chi connectivity index (χ1) is 3.83. The zero-order valence-electron chi connectivity index (χ0n) is 4.36. The van der Waals surface area contributed by atoms with Crippen LogP contribution in [0.15, 0.2) is 15.9 Å². The number of hydrogen-bond donors (Lipinski definition) is 0. The van der Waals surface area contributed by atoms with E-state index in [4.69, 9.17) is 0 Å². The first-order valence-electron chi connectivity index (χ1n) is 2.36. The van der Waals surface area contributed by atoms with Crippen molar-refractivity contribution < 1.29 is 0 Å². The third kappa shape index (κ3) is 1.33. The first-order valence-corrected chi connectivity index (χ1v) is 3.97. The number of halogens is 1. The van der Waals surface area contributed by atoms with Crippen molar-refractivity contribution in [2.75, 3.05) is 0 Å². The lowest BCUT2D eigenvalue weighted by molar-refractivity contribution is 1.35. The van der Waals surface area contributed by atoms with Gasteiger partial charge in [0.2, 0.25) is 0 Å². The third-order valence-corrected chi connectivity index (χ3v) is 2.56. The number of thiophene rings is 1. The summed E-state index contributed by atoms with van der Waals surface area (Å²) in [5.41, 5.74) is 0. The van der Waals surface area contributed by atoms with Crippen LogP contribution in [0.2, 0.25) is 0 Å². The molecule has 2 heteroatoms. The van der Waals surface area contributed by atoms with Crippen molar-refractivity contribution in [3.8, 4) is 0 Å². The molecule has 0 aromatic carbocycles. The van der Waals surface area contributed by atoms with Crippen molar-refractivity contribution in [1.29, 1.82) is 0 Å². The van der Waals surface area contributed by atoms with E-state index in [0.29, 0.717) is 0 Å². The molecule has 0 spiro atoms. The normalized spacial score (nSPS) is 9.75. The maximum Gasteiger partial charge on any atom is 0.0701 e. The van der Waals surface area contributed by atoms with Crippen LogP contribution in [0.3, 0.4) is 0 Å². The first kappa shape index (κ1) is 6.30. The predicted molar refractivity (Wildman–Crippen MR) is 41.1 cm³/mol. The molecule has 0 saturated carbocycles. The highest BCUT2D eigenvalue weighted by atomic mass is 79.9. The standard InChI is InChI=1S/C6H6BrS/c1-2-5-3-4-6(7)8-5/h3-4H,1-2H2. The van der Waals surface area contributed by atoms with Gasteiger partial charge in [-0.2, -0.15) is 0 Å². The highest BCUT2D eigenvalue weighted by Crippen LogP contribution is 2.21. The molecule has 0 aliphatic carbocycles. The molecule has 43 valence electrons. The summed E-state index contributed by atoms with van der Waals surface area (Å²) < 4.78 is 1.19. The molecule has 0 aliphatic heterocycles. The minimum absolute atomic E-state index is 0.899. The zero-order chi connectivity index (χ0) is 5.98. The summed E-state index contributed by atoms with van der Waals surface area (Å²) in [6.07, 6.45) is 0.899. The largest absolute Gasteiger partial charge is 0.133 e. The van der Waals surface area contributed by atoms with Crippen LogP contribution in [0.4, 0.5) is 0 Å². The van der Waals surface area contributed by atoms with E-state index in [1.807, 2.05) is 6.07 Å². The molecule has 1 heterocycles. The predicted octanol–water partition coefficient (Wildman–Crippen LogP) is 2.89. The summed E-state index contributed by atoms with van der Waals surface area (Å²) in [5.74, 6) is 0. The van der Waals surface area contributed by atoms with E-state index in [1.165, 1.54) is 8.66 Å². The van der Waals surface area contributed by atoms with E-state index in [0.717, 1.165) is 6.42 Å². The molecule has 0 aliphatic rings. The zero-order valence-corrected chi connectivity index (χ0v) is 6.76. The average molecular weight is 190 g/mol. The van der Waals surface area contributed by atoms with Crippen LogP contribution >= 0.6 is 27.3 Å². The summed E-state index contributed by atoms with van der Waals surface area (Å²) in [6, 6.07) is 4.13. The maximum atomic E-state index is 3.76. The van der Waals surface area contributed by atoms with Crippen molar-refractivity contribution in [3.05, 3.63) is 27.7 Å². The minimum atomic E-state index is 0.899. The van der Waals surface area contributed by atoms with Gasteiger partial charge in [-0.3, -0.25) is 0 Å². The van der Waals surface area contributed by atoms with Crippen LogP contribution in [-0.4, -0.2) is 0 Å². The molecule has 0 fully saturated rings. The lowest BCUT2D eigenvalue weighted by Crippen LogP contribution is -1.63. The Morgan fingerprint density at radius 3 is 2.62 bits per heavy atom. The van der Waals surface area contributed by atoms with Gasteiger partial charge in [-0.05, 0) is 41.4 Å². The molecule has 0 unspecified atom stereocenters. The van der Waals surface area contributed by atoms with Crippen molar-refractivity contribution in [2.45, 2.75) is 6.42 Å². The maximum absolute atomic E-state index is 3.76. The van der Waals surface area contributed by atoms with Crippen molar-refractivity contribution in [3.63, 3.8) is 0 Å². The second-order valence-corrected chi connectivity index (χ2v) is 4.00. The molecule has 0 atom stereocenters. The summed E-state index contributed by atoms with van der Waals surface area (Å²) in [6.45, 7) is 3.76. The fraction of sp³-hybridized carbons (Fsp3) is 0.167. The summed E-state index contributed by atoms with van der Waals surface area (Å²) in [7, 11) is 0. The topological polar surface area (TPSA) is 0 Å². The van der Waals surface area contributed by atoms with Gasteiger partial charge in [0, 0.05) is 4.88 Å². The Morgan fingerprint density at radius 2 is 2.38 bits per heavy atom. The monoisotopic (exact) mass is 189 g/mol. The Labute approximate surface area is 61.7 Å². The summed E-state index contributed by atoms with van der Waals surface area (Å²) in [5, 5.41) is 0. The van der Waals surface area contributed by atoms with Crippen LogP contribution in [0, 0.1) is 6.92 Å². The molecule has 1 radical (unpaired) electrons. The van der Waals surface area contributed by atoms with Crippen molar-refractivity contribution >= 4 is 27.3 Å². The third-order valence-electron chi connectivity index (χ3n) is 0.875. The highest BCUT2D eigenvalue weighted by Gasteiger charge is 1.91. The molecule has 1 aromatic heterocycles. The van der Waals surface area contributed by atoms with Crippen LogP contribution in [0.1, 0.15) is 4.88 Å². The van der Waals surface area contributed by atoms with Crippen molar-refractivity contribution in [1.82, 2.24) is 0 Å². The van der Waals surface area contributed by atoms with E-state index in [9.17, 15) is 0 Å². The fourth-order valence-electron chi connectivity index (χ4n) is 0.486. The molecule has 0 nitrogen and oxygen atoms in total. The molecule has 0 amide bonds. The van der Waals surface area contributed by atoms with Crippen LogP contribution in [-0.2, 0) is 6.42 Å². The summed E-state index contributed by atoms with van der Waals surface area (Å²) >= 11 is 5.11. The fourth-order valence-corrected chi connectivity index (χ4v) is 1.87. The molecular formula is C6H6BrS. The van der Waals surface area contributed by atoms with Gasteiger partial charge in [0.05, 0.1) is 3.79 Å². The quantitative estimate of drug-likeness (QED) is 0.638. The van der Waals surface area contributed by atoms with Gasteiger partial charge in [-0.1, -0.05) is 0 Å². The smallest absolute Gasteiger partial charge is 0.0701 e. The molecule has 1 rings (SSSR count). The Hall–Kier alpha value is 0.180. The van der Waals surface area contributed by atoms with Gasteiger partial charge in [0.25, 0.3) is 0 Å². The van der Waals surface area contributed by atoms with Gasteiger partial charge in [0.15, 0.2) is 0 Å². The molecular weight excluding hydrogens is 184 g/mol. The molecule has 0 N–H and O–H groups in total. The lowest BCUT2D eigenvalue weighted by Gasteiger charge is -1.79. The Kier molecular flexibility index (Phi) is 2.08. The highest BCUT2D eigenvalue weighted by molar-refractivity contribution is 9.11. The lowest BCUT2D eigenvalue weighted by atomic mass is 10.4. The number of hydrogen-bond acceptors (Lipinski definition) is 1. The SMILES string of the molecule is [CH2]Cc1ccc(Br)s1. The van der Waals surface area contributed by atoms with Gasteiger partial charge in [-0.15, -0.1) is 11.3 Å². The van der Waals surface area contributed by atoms with E-state index in [-0.39, 0.29) is 0 Å². The second-order valence-electron chi connectivity index (χ2n) is 1.46. The number of rotatable bonds is 1. The Bertz CT molecular complexity index is 169. The van der Waals surface area contributed by atoms with Crippen LogP contribution in [0.5, 0.6) is 0 Å². The second kappa shape index (κ2) is 2.65. The van der Waals surface area contributed by atoms with E-state index in [2.05, 4.69) is 28.9 Å². The molecule has 1 aromatic rings. The van der Waals surface area contributed by atoms with Gasteiger partial charge in [0.1, 0.15) is 0 Å². The Morgan fingerprint density at radius 1 is 1.62 bits per heavy atom. The van der Waals surface area contributed by atoms with E-state index < -0.39 is 0 Å². The summed E-state index contributed by atoms with van der Waals surface area (Å²) in [4.78, 5) is 1.33. The molecule has 0 bridgehead atoms. The van der Waals surface area contributed by atoms with Crippen molar-refractivity contribution in [2.24, 2.45) is 0 Å². The molecule has 0 saturated heterocycles. The average Bonchev–Trinajstić information content (AvgIpc) is 2.14. The minimum Gasteiger partial charge on any atom is -0.133 e. The van der Waals surface area contributed by atoms with Crippen LogP contribution in [0.25, 0.3) is 0 Å². The van der Waals surface area contributed by atoms with Gasteiger partial charge >= 0.3 is 0 Å². The molecule has 8 heavy (non-hydrogen) atoms. The van der Waals surface area contributed by atoms with Crippen LogP contribution < -0.4 is 0 Å². The Balaban J connectivity index is 2.84. The van der Waals surface area contributed by atoms with Gasteiger partial charge < -0.3 is 0 Å². The van der Waals surface area contributed by atoms with Gasteiger partial charge in [-0.25, -0.2) is 0 Å². The van der Waals surface area contributed by atoms with E-state index in [1.54, 1.807) is 11.3 Å². The van der Waals surface area contributed by atoms with E-state index >= 15 is 0 Å².